The Balaban J connectivity index is 1.62. The second-order valence-corrected chi connectivity index (χ2v) is 8.22. The number of rotatable bonds is 7. The van der Waals surface area contributed by atoms with Crippen molar-refractivity contribution >= 4 is 16.7 Å². The third-order valence-corrected chi connectivity index (χ3v) is 6.35. The van der Waals surface area contributed by atoms with E-state index in [4.69, 9.17) is 19.2 Å². The highest BCUT2D eigenvalue weighted by Gasteiger charge is 2.41. The number of methoxy groups -OCH3 is 3. The fourth-order valence-corrected chi connectivity index (χ4v) is 4.66. The van der Waals surface area contributed by atoms with E-state index in [0.29, 0.717) is 17.2 Å². The Morgan fingerprint density at radius 3 is 2.06 bits per heavy atom. The zero-order valence-electron chi connectivity index (χ0n) is 19.4. The zero-order chi connectivity index (χ0) is 24.5. The molecule has 3 atom stereocenters. The third kappa shape index (κ3) is 4.02. The standard InChI is InChI=1S/C25H25N5O5/c1-33-19-12-15(13-20(34-2)24(19)35-3)23-21(25-26-17-6-4-5-7-18(17)27-25)22(28-29-23)14-8-10-16(11-9-14)30(31)32/h4-13,21-23,28-29H,1-3H3,(H,26,27). The van der Waals surface area contributed by atoms with Crippen LogP contribution in [-0.2, 0) is 0 Å². The lowest BCUT2D eigenvalue weighted by Crippen LogP contribution is -2.26. The lowest BCUT2D eigenvalue weighted by Gasteiger charge is -2.23. The van der Waals surface area contributed by atoms with Crippen LogP contribution in [0.1, 0.15) is 35.0 Å². The van der Waals surface area contributed by atoms with E-state index in [1.54, 1.807) is 33.5 Å². The molecule has 0 aliphatic carbocycles. The number of ether oxygens (including phenoxy) is 3. The first kappa shape index (κ1) is 22.6. The van der Waals surface area contributed by atoms with Gasteiger partial charge in [-0.25, -0.2) is 15.8 Å². The van der Waals surface area contributed by atoms with E-state index in [0.717, 1.165) is 28.0 Å². The van der Waals surface area contributed by atoms with Crippen LogP contribution in [0.3, 0.4) is 0 Å². The molecule has 35 heavy (non-hydrogen) atoms. The summed E-state index contributed by atoms with van der Waals surface area (Å²) in [6.07, 6.45) is 0. The zero-order valence-corrected chi connectivity index (χ0v) is 19.4. The molecule has 1 aliphatic heterocycles. The van der Waals surface area contributed by atoms with Crippen LogP contribution in [0.2, 0.25) is 0 Å². The van der Waals surface area contributed by atoms with E-state index >= 15 is 0 Å². The second kappa shape index (κ2) is 9.24. The number of aromatic amines is 1. The van der Waals surface area contributed by atoms with Crippen LogP contribution < -0.4 is 25.1 Å². The monoisotopic (exact) mass is 475 g/mol. The molecule has 0 radical (unpaired) electrons. The Kier molecular flexibility index (Phi) is 5.98. The maximum absolute atomic E-state index is 11.2. The van der Waals surface area contributed by atoms with Crippen molar-refractivity contribution in [2.45, 2.75) is 18.0 Å². The highest BCUT2D eigenvalue weighted by Crippen LogP contribution is 2.47. The van der Waals surface area contributed by atoms with Crippen molar-refractivity contribution in [3.8, 4) is 17.2 Å². The van der Waals surface area contributed by atoms with Gasteiger partial charge in [0.05, 0.1) is 55.3 Å². The van der Waals surface area contributed by atoms with Gasteiger partial charge in [0.1, 0.15) is 5.82 Å². The molecule has 3 unspecified atom stereocenters. The molecule has 1 aliphatic rings. The molecule has 0 saturated carbocycles. The minimum Gasteiger partial charge on any atom is -0.493 e. The van der Waals surface area contributed by atoms with Crippen LogP contribution in [0, 0.1) is 10.1 Å². The predicted octanol–water partition coefficient (Wildman–Crippen LogP) is 4.17. The summed E-state index contributed by atoms with van der Waals surface area (Å²) in [5.41, 5.74) is 10.4. The third-order valence-electron chi connectivity index (χ3n) is 6.35. The van der Waals surface area contributed by atoms with Gasteiger partial charge in [0.25, 0.3) is 5.69 Å². The molecule has 0 spiro atoms. The number of aromatic nitrogens is 2. The minimum atomic E-state index is -0.403. The lowest BCUT2D eigenvalue weighted by atomic mass is 9.85. The number of benzene rings is 3. The quantitative estimate of drug-likeness (QED) is 0.269. The predicted molar refractivity (Wildman–Crippen MR) is 130 cm³/mol. The summed E-state index contributed by atoms with van der Waals surface area (Å²) in [5, 5.41) is 11.2. The molecule has 1 aromatic heterocycles. The van der Waals surface area contributed by atoms with E-state index in [1.807, 2.05) is 36.4 Å². The number of nitrogens with one attached hydrogen (secondary N) is 3. The molecule has 0 bridgehead atoms. The lowest BCUT2D eigenvalue weighted by molar-refractivity contribution is -0.384. The molecule has 3 N–H and O–H groups in total. The molecule has 0 amide bonds. The Morgan fingerprint density at radius 2 is 1.49 bits per heavy atom. The smallest absolute Gasteiger partial charge is 0.269 e. The molecule has 10 nitrogen and oxygen atoms in total. The fraction of sp³-hybridized carbons (Fsp3) is 0.240. The first-order chi connectivity index (χ1) is 17.0. The summed E-state index contributed by atoms with van der Waals surface area (Å²) in [6.45, 7) is 0. The van der Waals surface area contributed by atoms with Crippen molar-refractivity contribution in [3.63, 3.8) is 0 Å². The van der Waals surface area contributed by atoms with E-state index in [-0.39, 0.29) is 23.7 Å². The van der Waals surface area contributed by atoms with E-state index < -0.39 is 4.92 Å². The Labute approximate surface area is 201 Å². The van der Waals surface area contributed by atoms with Gasteiger partial charge in [0.2, 0.25) is 5.75 Å². The van der Waals surface area contributed by atoms with Crippen molar-refractivity contribution in [1.29, 1.82) is 0 Å². The van der Waals surface area contributed by atoms with Gasteiger partial charge in [0, 0.05) is 12.1 Å². The number of non-ortho nitro benzene ring substituents is 1. The molecule has 2 heterocycles. The highest BCUT2D eigenvalue weighted by atomic mass is 16.6. The highest BCUT2D eigenvalue weighted by molar-refractivity contribution is 5.75. The SMILES string of the molecule is COc1cc(C2NNC(c3ccc([N+](=O)[O-])cc3)C2c2nc3ccccc3[nH]2)cc(OC)c1OC. The molecule has 4 aromatic rings. The van der Waals surface area contributed by atoms with Gasteiger partial charge in [-0.15, -0.1) is 0 Å². The summed E-state index contributed by atoms with van der Waals surface area (Å²) in [7, 11) is 4.73. The number of nitro groups is 1. The van der Waals surface area contributed by atoms with E-state index in [2.05, 4.69) is 15.8 Å². The number of hydrazine groups is 1. The Bertz CT molecular complexity index is 1310. The minimum absolute atomic E-state index is 0.0428. The number of H-pyrrole nitrogens is 1. The summed E-state index contributed by atoms with van der Waals surface area (Å²) >= 11 is 0. The molecule has 180 valence electrons. The summed E-state index contributed by atoms with van der Waals surface area (Å²) in [4.78, 5) is 19.1. The van der Waals surface area contributed by atoms with Gasteiger partial charge in [0.15, 0.2) is 11.5 Å². The van der Waals surface area contributed by atoms with Crippen LogP contribution >= 0.6 is 0 Å². The maximum atomic E-state index is 11.2. The van der Waals surface area contributed by atoms with Gasteiger partial charge >= 0.3 is 0 Å². The Hall–Kier alpha value is -4.15. The molecule has 5 rings (SSSR count). The number of nitrogens with zero attached hydrogens (tertiary/aromatic N) is 2. The van der Waals surface area contributed by atoms with Gasteiger partial charge in [-0.3, -0.25) is 10.1 Å². The first-order valence-corrected chi connectivity index (χ1v) is 11.0. The van der Waals surface area contributed by atoms with Gasteiger partial charge in [-0.1, -0.05) is 24.3 Å². The van der Waals surface area contributed by atoms with Gasteiger partial charge < -0.3 is 19.2 Å². The van der Waals surface area contributed by atoms with Gasteiger partial charge in [-0.2, -0.15) is 0 Å². The van der Waals surface area contributed by atoms with Crippen LogP contribution in [0.5, 0.6) is 17.2 Å². The number of fused-ring (bicyclic) bond motifs is 1. The van der Waals surface area contributed by atoms with E-state index in [1.165, 1.54) is 12.1 Å². The Morgan fingerprint density at radius 1 is 0.857 bits per heavy atom. The molecule has 1 fully saturated rings. The summed E-state index contributed by atoms with van der Waals surface area (Å²) in [6, 6.07) is 17.8. The maximum Gasteiger partial charge on any atom is 0.269 e. The van der Waals surface area contributed by atoms with E-state index in [9.17, 15) is 10.1 Å². The molecule has 1 saturated heterocycles. The normalized spacial score (nSPS) is 19.6. The number of hydrogen-bond acceptors (Lipinski definition) is 8. The average molecular weight is 476 g/mol. The molecule has 3 aromatic carbocycles. The first-order valence-electron chi connectivity index (χ1n) is 11.0. The number of para-hydroxylation sites is 2. The van der Waals surface area contributed by atoms with Crippen molar-refractivity contribution in [2.75, 3.05) is 21.3 Å². The van der Waals surface area contributed by atoms with Crippen LogP contribution in [0.25, 0.3) is 11.0 Å². The number of hydrogen-bond donors (Lipinski definition) is 3. The fourth-order valence-electron chi connectivity index (χ4n) is 4.66. The van der Waals surface area contributed by atoms with Crippen LogP contribution in [-0.4, -0.2) is 36.2 Å². The number of imidazole rings is 1. The summed E-state index contributed by atoms with van der Waals surface area (Å²) < 4.78 is 16.6. The molecule has 10 heteroatoms. The summed E-state index contributed by atoms with van der Waals surface area (Å²) in [5.74, 6) is 2.20. The van der Waals surface area contributed by atoms with Crippen molar-refractivity contribution in [2.24, 2.45) is 0 Å². The number of nitro benzene ring substituents is 1. The molecular weight excluding hydrogens is 450 g/mol. The largest absolute Gasteiger partial charge is 0.493 e. The second-order valence-electron chi connectivity index (χ2n) is 8.22. The average Bonchev–Trinajstić information content (AvgIpc) is 3.52. The molecular formula is C25H25N5O5. The van der Waals surface area contributed by atoms with Crippen molar-refractivity contribution < 1.29 is 19.1 Å². The van der Waals surface area contributed by atoms with Gasteiger partial charge in [-0.05, 0) is 35.4 Å². The topological polar surface area (TPSA) is 124 Å². The van der Waals surface area contributed by atoms with Crippen LogP contribution in [0.4, 0.5) is 5.69 Å². The van der Waals surface area contributed by atoms with Crippen LogP contribution in [0.15, 0.2) is 60.7 Å². The van der Waals surface area contributed by atoms with Crippen molar-refractivity contribution in [1.82, 2.24) is 20.8 Å². The van der Waals surface area contributed by atoms with Crippen molar-refractivity contribution in [3.05, 3.63) is 87.7 Å².